The van der Waals surface area contributed by atoms with Crippen LogP contribution in [0.1, 0.15) is 0 Å². The molecule has 0 spiro atoms. The van der Waals surface area contributed by atoms with E-state index in [-0.39, 0.29) is 24.6 Å². The summed E-state index contributed by atoms with van der Waals surface area (Å²) in [6, 6.07) is -1.70. The minimum absolute atomic E-state index is 0.0990. The van der Waals surface area contributed by atoms with Crippen LogP contribution in [0, 0.1) is 0 Å². The summed E-state index contributed by atoms with van der Waals surface area (Å²) in [7, 11) is 4.90. The summed E-state index contributed by atoms with van der Waals surface area (Å²) in [5.41, 5.74) is 0. The van der Waals surface area contributed by atoms with Crippen LogP contribution in [-0.2, 0) is 71.3 Å². The molecular formula is C32H48N2O23. The summed E-state index contributed by atoms with van der Waals surface area (Å²) >= 11 is 0. The molecule has 16 unspecified atom stereocenters. The highest BCUT2D eigenvalue weighted by Crippen LogP contribution is 2.31. The van der Waals surface area contributed by atoms with Gasteiger partial charge in [0.2, 0.25) is 18.9 Å². The average molecular weight is 829 g/mol. The molecule has 16 atom stereocenters. The fourth-order valence-corrected chi connectivity index (χ4v) is 6.11. The van der Waals surface area contributed by atoms with Crippen LogP contribution >= 0.6 is 0 Å². The van der Waals surface area contributed by atoms with Crippen LogP contribution in [0.3, 0.4) is 0 Å². The highest BCUT2D eigenvalue weighted by atomic mass is 16.7. The van der Waals surface area contributed by atoms with Crippen molar-refractivity contribution in [3.05, 3.63) is 23.7 Å². The summed E-state index contributed by atoms with van der Waals surface area (Å²) in [4.78, 5) is 55.4. The van der Waals surface area contributed by atoms with Crippen LogP contribution in [0.5, 0.6) is 0 Å². The van der Waals surface area contributed by atoms with Crippen molar-refractivity contribution in [3.63, 3.8) is 0 Å². The molecule has 0 aromatic carbocycles. The molecule has 25 nitrogen and oxygen atoms in total. The molecule has 0 aliphatic carbocycles. The number of aliphatic hydroxyl groups excluding tert-OH is 5. The number of methoxy groups -OCH3 is 4. The van der Waals surface area contributed by atoms with Gasteiger partial charge in [0.15, 0.2) is 42.6 Å². The van der Waals surface area contributed by atoms with E-state index in [1.807, 2.05) is 0 Å². The minimum atomic E-state index is -2.02. The van der Waals surface area contributed by atoms with Gasteiger partial charge in [-0.15, -0.1) is 0 Å². The predicted molar refractivity (Wildman–Crippen MR) is 178 cm³/mol. The molecule has 0 aromatic rings. The number of aldehydes is 3. The zero-order valence-corrected chi connectivity index (χ0v) is 30.8. The van der Waals surface area contributed by atoms with Gasteiger partial charge in [-0.1, -0.05) is 0 Å². The van der Waals surface area contributed by atoms with Crippen molar-refractivity contribution < 1.29 is 112 Å². The van der Waals surface area contributed by atoms with Gasteiger partial charge in [-0.25, -0.2) is 9.59 Å². The standard InChI is InChI=1S/C16H25NO12.C16H23NO11/c1-25-11-9(19)10(20)16(29-12(11)14(23)24)27-6-5-7(13(21)22)28-15(26-2)8(6)17-3-4-18;1-24-12-10(20)11(21)16(28-13(12)14(22)23)27-8-5-7(6-19)26-15(25-2)9(8)17-3-4-18/h4-6,8-13,15-17,19-22H,3H2,1-2H3,(H,23,24);4-6,8-13,15-17,20-21H,3H2,1-2H3,(H,22,23). The van der Waals surface area contributed by atoms with Crippen LogP contribution < -0.4 is 10.6 Å². The number of allylic oxidation sites excluding steroid dienone is 1. The van der Waals surface area contributed by atoms with Gasteiger partial charge >= 0.3 is 11.9 Å². The van der Waals surface area contributed by atoms with E-state index in [4.69, 9.17) is 47.4 Å². The molecule has 4 rings (SSSR count). The third-order valence-corrected chi connectivity index (χ3v) is 8.87. The number of carboxylic acid groups (broad SMARTS) is 2. The highest BCUT2D eigenvalue weighted by molar-refractivity contribution is 5.74. The van der Waals surface area contributed by atoms with Gasteiger partial charge in [0, 0.05) is 28.4 Å². The van der Waals surface area contributed by atoms with Crippen molar-refractivity contribution in [1.82, 2.24) is 10.6 Å². The van der Waals surface area contributed by atoms with E-state index in [2.05, 4.69) is 10.6 Å². The highest BCUT2D eigenvalue weighted by Gasteiger charge is 2.52. The van der Waals surface area contributed by atoms with E-state index in [0.29, 0.717) is 18.9 Å². The second kappa shape index (κ2) is 22.5. The lowest BCUT2D eigenvalue weighted by Crippen LogP contribution is -2.63. The molecule has 10 N–H and O–H groups in total. The molecule has 0 aromatic heterocycles. The Labute approximate surface area is 323 Å². The SMILES string of the molecule is COC1OC(C(O)O)=CC(OC2OC(C(=O)O)C(OC)C(O)C2O)C1NCC=O.COC1OC(C=O)=CC(OC2OC(C(=O)O)C(OC)C(O)C2O)C1NCC=O. The Kier molecular flexibility index (Phi) is 18.9. The maximum absolute atomic E-state index is 11.4. The maximum Gasteiger partial charge on any atom is 0.335 e. The lowest BCUT2D eigenvalue weighted by Gasteiger charge is -2.43. The molecule has 0 amide bonds. The van der Waals surface area contributed by atoms with Gasteiger partial charge in [-0.2, -0.15) is 0 Å². The summed E-state index contributed by atoms with van der Waals surface area (Å²) in [6.07, 6.45) is -18.1. The number of ether oxygens (including phenoxy) is 10. The number of hydrogen-bond acceptors (Lipinski definition) is 23. The predicted octanol–water partition coefficient (Wildman–Crippen LogP) is -6.57. The van der Waals surface area contributed by atoms with Crippen molar-refractivity contribution in [2.24, 2.45) is 0 Å². The van der Waals surface area contributed by atoms with E-state index in [1.165, 1.54) is 27.4 Å². The number of aliphatic hydroxyl groups is 6. The second-order valence-electron chi connectivity index (χ2n) is 12.4. The molecule has 4 heterocycles. The van der Waals surface area contributed by atoms with Crippen LogP contribution in [0.25, 0.3) is 0 Å². The lowest BCUT2D eigenvalue weighted by molar-refractivity contribution is -0.311. The summed E-state index contributed by atoms with van der Waals surface area (Å²) in [5, 5.41) is 83.9. The van der Waals surface area contributed by atoms with Gasteiger partial charge in [-0.3, -0.25) is 15.4 Å². The molecule has 324 valence electrons. The van der Waals surface area contributed by atoms with E-state index in [9.17, 15) is 64.8 Å². The summed E-state index contributed by atoms with van der Waals surface area (Å²) < 4.78 is 52.5. The van der Waals surface area contributed by atoms with Gasteiger partial charge in [-0.05, 0) is 12.2 Å². The Morgan fingerprint density at radius 2 is 1.09 bits per heavy atom. The molecule has 4 aliphatic heterocycles. The van der Waals surface area contributed by atoms with Crippen molar-refractivity contribution >= 4 is 30.8 Å². The summed E-state index contributed by atoms with van der Waals surface area (Å²) in [5.74, 6) is -3.33. The van der Waals surface area contributed by atoms with E-state index in [1.54, 1.807) is 0 Å². The van der Waals surface area contributed by atoms with Crippen LogP contribution in [0.15, 0.2) is 23.7 Å². The topological polar surface area (TPSA) is 364 Å². The lowest BCUT2D eigenvalue weighted by atomic mass is 9.98. The van der Waals surface area contributed by atoms with Crippen molar-refractivity contribution in [2.45, 2.75) is 105 Å². The normalized spacial score (nSPS) is 37.9. The summed E-state index contributed by atoms with van der Waals surface area (Å²) in [6.45, 7) is -0.239. The molecule has 0 radical (unpaired) electrons. The zero-order valence-electron chi connectivity index (χ0n) is 30.8. The fraction of sp³-hybridized carbons (Fsp3) is 0.719. The molecular weight excluding hydrogens is 780 g/mol. The molecule has 57 heavy (non-hydrogen) atoms. The Hall–Kier alpha value is -3.61. The van der Waals surface area contributed by atoms with Crippen molar-refractivity contribution in [1.29, 1.82) is 0 Å². The van der Waals surface area contributed by atoms with Gasteiger partial charge in [0.25, 0.3) is 0 Å². The maximum atomic E-state index is 11.4. The molecule has 0 bridgehead atoms. The Bertz CT molecular complexity index is 1400. The Morgan fingerprint density at radius 1 is 0.667 bits per heavy atom. The first kappa shape index (κ1) is 47.8. The monoisotopic (exact) mass is 828 g/mol. The zero-order chi connectivity index (χ0) is 42.6. The first-order valence-electron chi connectivity index (χ1n) is 17.0. The number of aliphatic carboxylic acids is 2. The van der Waals surface area contributed by atoms with Crippen LogP contribution in [-0.4, -0.2) is 218 Å². The van der Waals surface area contributed by atoms with Crippen molar-refractivity contribution in [2.75, 3.05) is 41.5 Å². The molecule has 0 saturated carbocycles. The average Bonchev–Trinajstić information content (AvgIpc) is 3.19. The third kappa shape index (κ3) is 11.8. The smallest absolute Gasteiger partial charge is 0.335 e. The van der Waals surface area contributed by atoms with Crippen LogP contribution in [0.2, 0.25) is 0 Å². The van der Waals surface area contributed by atoms with E-state index in [0.717, 1.165) is 13.2 Å². The van der Waals surface area contributed by atoms with Gasteiger partial charge < -0.3 is 97.8 Å². The Balaban J connectivity index is 0.000000306. The quantitative estimate of drug-likeness (QED) is 0.0453. The Morgan fingerprint density at radius 3 is 1.44 bits per heavy atom. The number of hydrogen-bond donors (Lipinski definition) is 10. The largest absolute Gasteiger partial charge is 0.479 e. The number of rotatable bonds is 18. The molecule has 4 aliphatic rings. The minimum Gasteiger partial charge on any atom is -0.479 e. The first-order chi connectivity index (χ1) is 27.1. The number of carbonyl (C=O) groups is 5. The third-order valence-electron chi connectivity index (χ3n) is 8.87. The number of nitrogens with one attached hydrogen (secondary N) is 2. The fourth-order valence-electron chi connectivity index (χ4n) is 6.11. The number of carbonyl (C=O) groups excluding carboxylic acids is 3. The second-order valence-corrected chi connectivity index (χ2v) is 12.4. The number of carboxylic acids is 2. The van der Waals surface area contributed by atoms with Crippen LogP contribution in [0.4, 0.5) is 0 Å². The molecule has 25 heteroatoms. The van der Waals surface area contributed by atoms with Gasteiger partial charge in [0.1, 0.15) is 73.5 Å². The first-order valence-corrected chi connectivity index (χ1v) is 17.0. The van der Waals surface area contributed by atoms with E-state index < -0.39 is 117 Å². The van der Waals surface area contributed by atoms with E-state index >= 15 is 0 Å². The van der Waals surface area contributed by atoms with Gasteiger partial charge in [0.05, 0.1) is 13.1 Å². The van der Waals surface area contributed by atoms with Crippen molar-refractivity contribution in [3.8, 4) is 0 Å². The molecule has 2 saturated heterocycles. The molecule has 2 fully saturated rings.